The van der Waals surface area contributed by atoms with Gasteiger partial charge in [-0.1, -0.05) is 89.4 Å². The summed E-state index contributed by atoms with van der Waals surface area (Å²) < 4.78 is 0. The maximum absolute atomic E-state index is 10.7. The highest BCUT2D eigenvalue weighted by Crippen LogP contribution is 2.43. The van der Waals surface area contributed by atoms with E-state index in [-0.39, 0.29) is 5.41 Å². The number of aromatic hydroxyl groups is 1. The Morgan fingerprint density at radius 2 is 1.62 bits per heavy atom. The Balaban J connectivity index is 2.46. The third-order valence-electron chi connectivity index (χ3n) is 5.28. The fraction of sp³-hybridized carbons (Fsp3) is 0.478. The van der Waals surface area contributed by atoms with Gasteiger partial charge < -0.3 is 5.11 Å². The van der Waals surface area contributed by atoms with E-state index in [1.807, 2.05) is 18.2 Å². The lowest BCUT2D eigenvalue weighted by Crippen LogP contribution is -2.22. The van der Waals surface area contributed by atoms with E-state index in [0.717, 1.165) is 12.0 Å². The minimum Gasteiger partial charge on any atom is -0.508 e. The van der Waals surface area contributed by atoms with Crippen LogP contribution in [0.2, 0.25) is 0 Å². The van der Waals surface area contributed by atoms with E-state index >= 15 is 0 Å². The molecular formula is C23H32O. The number of phenolic OH excluding ortho intramolecular Hbond substituents is 1. The van der Waals surface area contributed by atoms with Crippen molar-refractivity contribution in [3.63, 3.8) is 0 Å². The number of phenols is 1. The summed E-state index contributed by atoms with van der Waals surface area (Å²) in [5.74, 6) is 0.942. The fourth-order valence-electron chi connectivity index (χ4n) is 3.80. The summed E-state index contributed by atoms with van der Waals surface area (Å²) in [7, 11) is 0. The SMILES string of the molecule is CCCCCC(CC)c1cccc(O)c1C(C)(C)c1ccccc1. The van der Waals surface area contributed by atoms with Crippen molar-refractivity contribution in [1.82, 2.24) is 0 Å². The van der Waals surface area contributed by atoms with Crippen LogP contribution in [-0.2, 0) is 5.41 Å². The molecule has 1 N–H and O–H groups in total. The van der Waals surface area contributed by atoms with Crippen molar-refractivity contribution in [1.29, 1.82) is 0 Å². The molecule has 0 amide bonds. The molecule has 0 aliphatic heterocycles. The van der Waals surface area contributed by atoms with Crippen molar-refractivity contribution in [3.8, 4) is 5.75 Å². The molecule has 0 aliphatic carbocycles. The third kappa shape index (κ3) is 4.01. The van der Waals surface area contributed by atoms with Crippen LogP contribution in [0.3, 0.4) is 0 Å². The van der Waals surface area contributed by atoms with E-state index < -0.39 is 0 Å². The van der Waals surface area contributed by atoms with Gasteiger partial charge in [-0.3, -0.25) is 0 Å². The Labute approximate surface area is 147 Å². The summed E-state index contributed by atoms with van der Waals surface area (Å²) >= 11 is 0. The van der Waals surface area contributed by atoms with Crippen LogP contribution in [0.5, 0.6) is 5.75 Å². The molecule has 2 aromatic carbocycles. The smallest absolute Gasteiger partial charge is 0.119 e. The maximum atomic E-state index is 10.7. The van der Waals surface area contributed by atoms with E-state index in [1.165, 1.54) is 36.8 Å². The highest BCUT2D eigenvalue weighted by atomic mass is 16.3. The molecule has 0 heterocycles. The summed E-state index contributed by atoms with van der Waals surface area (Å²) in [5, 5.41) is 10.7. The molecule has 1 heteroatoms. The van der Waals surface area contributed by atoms with E-state index in [9.17, 15) is 5.11 Å². The number of rotatable bonds is 8. The third-order valence-corrected chi connectivity index (χ3v) is 5.28. The summed E-state index contributed by atoms with van der Waals surface area (Å²) in [4.78, 5) is 0. The first kappa shape index (κ1) is 18.6. The molecule has 0 aliphatic rings. The average Bonchev–Trinajstić information content (AvgIpc) is 2.59. The predicted molar refractivity (Wildman–Crippen MR) is 104 cm³/mol. The summed E-state index contributed by atoms with van der Waals surface area (Å²) in [6.45, 7) is 8.96. The highest BCUT2D eigenvalue weighted by Gasteiger charge is 2.30. The van der Waals surface area contributed by atoms with Crippen LogP contribution in [0.15, 0.2) is 48.5 Å². The van der Waals surface area contributed by atoms with Crippen molar-refractivity contribution >= 4 is 0 Å². The Morgan fingerprint density at radius 1 is 0.917 bits per heavy atom. The first-order valence-corrected chi connectivity index (χ1v) is 9.40. The predicted octanol–water partition coefficient (Wildman–Crippen LogP) is 6.79. The molecule has 0 bridgehead atoms. The zero-order valence-corrected chi connectivity index (χ0v) is 15.7. The van der Waals surface area contributed by atoms with Crippen LogP contribution in [0, 0.1) is 0 Å². The van der Waals surface area contributed by atoms with Gasteiger partial charge in [0.05, 0.1) is 0 Å². The average molecular weight is 325 g/mol. The van der Waals surface area contributed by atoms with Gasteiger partial charge in [0.25, 0.3) is 0 Å². The van der Waals surface area contributed by atoms with Crippen LogP contribution in [0.25, 0.3) is 0 Å². The standard InChI is InChI=1S/C23H32O/c1-5-7-9-13-18(6-2)20-16-12-17-21(24)22(20)23(3,4)19-14-10-8-11-15-19/h8,10-12,14-18,24H,5-7,9,13H2,1-4H3. The topological polar surface area (TPSA) is 20.2 Å². The zero-order valence-electron chi connectivity index (χ0n) is 15.7. The van der Waals surface area contributed by atoms with E-state index in [4.69, 9.17) is 0 Å². The quantitative estimate of drug-likeness (QED) is 0.530. The molecule has 0 fully saturated rings. The second-order valence-corrected chi connectivity index (χ2v) is 7.33. The lowest BCUT2D eigenvalue weighted by atomic mass is 9.72. The molecule has 1 unspecified atom stereocenters. The minimum atomic E-state index is -0.208. The van der Waals surface area contributed by atoms with Crippen LogP contribution in [-0.4, -0.2) is 5.11 Å². The van der Waals surface area contributed by atoms with Gasteiger partial charge in [-0.05, 0) is 36.0 Å². The molecular weight excluding hydrogens is 292 g/mol. The van der Waals surface area contributed by atoms with Crippen molar-refractivity contribution in [2.24, 2.45) is 0 Å². The Bertz CT molecular complexity index is 628. The normalized spacial score (nSPS) is 13.0. The van der Waals surface area contributed by atoms with Gasteiger partial charge in [0.2, 0.25) is 0 Å². The van der Waals surface area contributed by atoms with Gasteiger partial charge in [-0.15, -0.1) is 0 Å². The molecule has 2 aromatic rings. The molecule has 0 spiro atoms. The highest BCUT2D eigenvalue weighted by molar-refractivity contribution is 5.51. The lowest BCUT2D eigenvalue weighted by Gasteiger charge is -2.32. The monoisotopic (exact) mass is 324 g/mol. The van der Waals surface area contributed by atoms with Gasteiger partial charge in [0.1, 0.15) is 5.75 Å². The number of benzene rings is 2. The van der Waals surface area contributed by atoms with Gasteiger partial charge in [-0.2, -0.15) is 0 Å². The second-order valence-electron chi connectivity index (χ2n) is 7.33. The molecule has 0 aromatic heterocycles. The lowest BCUT2D eigenvalue weighted by molar-refractivity contribution is 0.445. The molecule has 1 nitrogen and oxygen atoms in total. The number of hydrogen-bond donors (Lipinski definition) is 1. The van der Waals surface area contributed by atoms with Crippen LogP contribution >= 0.6 is 0 Å². The minimum absolute atomic E-state index is 0.208. The first-order chi connectivity index (χ1) is 11.5. The van der Waals surface area contributed by atoms with Gasteiger partial charge in [0, 0.05) is 11.0 Å². The van der Waals surface area contributed by atoms with Crippen molar-refractivity contribution < 1.29 is 5.11 Å². The van der Waals surface area contributed by atoms with E-state index in [2.05, 4.69) is 58.0 Å². The van der Waals surface area contributed by atoms with Crippen molar-refractivity contribution in [2.45, 2.75) is 71.1 Å². The van der Waals surface area contributed by atoms with Crippen LogP contribution < -0.4 is 0 Å². The molecule has 0 saturated heterocycles. The number of hydrogen-bond acceptors (Lipinski definition) is 1. The van der Waals surface area contributed by atoms with E-state index in [1.54, 1.807) is 0 Å². The van der Waals surface area contributed by atoms with Crippen molar-refractivity contribution in [2.75, 3.05) is 0 Å². The Morgan fingerprint density at radius 3 is 2.25 bits per heavy atom. The molecule has 2 rings (SSSR count). The first-order valence-electron chi connectivity index (χ1n) is 9.40. The molecule has 24 heavy (non-hydrogen) atoms. The van der Waals surface area contributed by atoms with Gasteiger partial charge >= 0.3 is 0 Å². The second kappa shape index (κ2) is 8.37. The maximum Gasteiger partial charge on any atom is 0.119 e. The molecule has 0 saturated carbocycles. The summed E-state index contributed by atoms with van der Waals surface area (Å²) in [6.07, 6.45) is 6.11. The molecule has 130 valence electrons. The Kier molecular flexibility index (Phi) is 6.48. The van der Waals surface area contributed by atoms with Crippen LogP contribution in [0.1, 0.15) is 82.4 Å². The number of unbranched alkanes of at least 4 members (excludes halogenated alkanes) is 2. The largest absolute Gasteiger partial charge is 0.508 e. The van der Waals surface area contributed by atoms with Gasteiger partial charge in [0.15, 0.2) is 0 Å². The summed E-state index contributed by atoms with van der Waals surface area (Å²) in [6, 6.07) is 16.6. The summed E-state index contributed by atoms with van der Waals surface area (Å²) in [5.41, 5.74) is 3.46. The van der Waals surface area contributed by atoms with Crippen molar-refractivity contribution in [3.05, 3.63) is 65.2 Å². The van der Waals surface area contributed by atoms with Crippen LogP contribution in [0.4, 0.5) is 0 Å². The Hall–Kier alpha value is -1.76. The molecule has 0 radical (unpaired) electrons. The zero-order chi connectivity index (χ0) is 17.6. The van der Waals surface area contributed by atoms with E-state index in [0.29, 0.717) is 11.7 Å². The fourth-order valence-corrected chi connectivity index (χ4v) is 3.80. The van der Waals surface area contributed by atoms with Gasteiger partial charge in [-0.25, -0.2) is 0 Å². The molecule has 1 atom stereocenters.